The van der Waals surface area contributed by atoms with Gasteiger partial charge in [-0.05, 0) is 37.8 Å². The highest BCUT2D eigenvalue weighted by Gasteiger charge is 2.45. The van der Waals surface area contributed by atoms with Gasteiger partial charge in [0, 0.05) is 25.6 Å². The summed E-state index contributed by atoms with van der Waals surface area (Å²) in [4.78, 5) is 51.8. The average molecular weight is 388 g/mol. The topological polar surface area (TPSA) is 113 Å². The molecule has 4 rings (SSSR count). The van der Waals surface area contributed by atoms with Crippen molar-refractivity contribution in [1.82, 2.24) is 10.2 Å². The molecule has 2 atom stereocenters. The number of nitrogens with zero attached hydrogens (tertiary/aromatic N) is 2. The summed E-state index contributed by atoms with van der Waals surface area (Å²) in [6.07, 6.45) is 2.83. The Hall–Kier alpha value is -2.81. The summed E-state index contributed by atoms with van der Waals surface area (Å²) in [5.41, 5.74) is 6.09. The first-order valence-electron chi connectivity index (χ1n) is 9.44. The van der Waals surface area contributed by atoms with Gasteiger partial charge >= 0.3 is 0 Å². The Morgan fingerprint density at radius 2 is 1.79 bits per heavy atom. The standard InChI is InChI=1S/C19H21FN4O4/c20-13-7-11-12(8-15(13)23-6-2-1-3-10(23)9-21)19(28)24(18(11)27)14-4-5-16(25)22-17(14)26/h7-8,10,14H,1-6,9,21H2,(H,22,25,26). The van der Waals surface area contributed by atoms with Crippen LogP contribution in [-0.2, 0) is 9.59 Å². The number of anilines is 1. The molecule has 148 valence electrons. The molecule has 0 spiro atoms. The first kappa shape index (κ1) is 18.5. The van der Waals surface area contributed by atoms with E-state index in [1.807, 2.05) is 4.90 Å². The van der Waals surface area contributed by atoms with Gasteiger partial charge < -0.3 is 10.6 Å². The van der Waals surface area contributed by atoms with E-state index in [1.165, 1.54) is 6.07 Å². The number of hydrogen-bond donors (Lipinski definition) is 2. The van der Waals surface area contributed by atoms with Crippen molar-refractivity contribution in [2.45, 2.75) is 44.2 Å². The molecule has 2 saturated heterocycles. The fraction of sp³-hybridized carbons (Fsp3) is 0.474. The van der Waals surface area contributed by atoms with E-state index < -0.39 is 35.5 Å². The number of piperidine rings is 2. The van der Waals surface area contributed by atoms with Crippen LogP contribution in [0.1, 0.15) is 52.8 Å². The maximum atomic E-state index is 14.8. The third-order valence-corrected chi connectivity index (χ3v) is 5.72. The van der Waals surface area contributed by atoms with E-state index in [-0.39, 0.29) is 35.7 Å². The van der Waals surface area contributed by atoms with Gasteiger partial charge in [0.05, 0.1) is 16.8 Å². The second-order valence-electron chi connectivity index (χ2n) is 7.38. The van der Waals surface area contributed by atoms with Gasteiger partial charge in [0.2, 0.25) is 11.8 Å². The SMILES string of the molecule is NCC1CCCCN1c1cc2c(cc1F)C(=O)N(C1CCC(=O)NC1=O)C2=O. The molecule has 1 aromatic carbocycles. The lowest BCUT2D eigenvalue weighted by molar-refractivity contribution is -0.136. The van der Waals surface area contributed by atoms with Crippen LogP contribution >= 0.6 is 0 Å². The van der Waals surface area contributed by atoms with Crippen molar-refractivity contribution in [2.24, 2.45) is 5.73 Å². The first-order chi connectivity index (χ1) is 13.4. The van der Waals surface area contributed by atoms with Crippen molar-refractivity contribution in [1.29, 1.82) is 0 Å². The minimum atomic E-state index is -1.07. The van der Waals surface area contributed by atoms with Gasteiger partial charge in [0.1, 0.15) is 11.9 Å². The Bertz CT molecular complexity index is 887. The van der Waals surface area contributed by atoms with Gasteiger partial charge in [-0.25, -0.2) is 4.39 Å². The predicted molar refractivity (Wildman–Crippen MR) is 97.1 cm³/mol. The second-order valence-corrected chi connectivity index (χ2v) is 7.38. The number of halogens is 1. The largest absolute Gasteiger partial charge is 0.365 e. The van der Waals surface area contributed by atoms with E-state index >= 15 is 0 Å². The Morgan fingerprint density at radius 3 is 2.46 bits per heavy atom. The minimum absolute atomic E-state index is 0.0280. The van der Waals surface area contributed by atoms with Crippen molar-refractivity contribution < 1.29 is 23.6 Å². The van der Waals surface area contributed by atoms with Crippen LogP contribution in [0.4, 0.5) is 10.1 Å². The average Bonchev–Trinajstić information content (AvgIpc) is 2.91. The Labute approximate surface area is 160 Å². The summed E-state index contributed by atoms with van der Waals surface area (Å²) in [6.45, 7) is 0.988. The number of carbonyl (C=O) groups excluding carboxylic acids is 4. The fourth-order valence-corrected chi connectivity index (χ4v) is 4.26. The number of amides is 4. The third kappa shape index (κ3) is 2.86. The van der Waals surface area contributed by atoms with Crippen LogP contribution in [0.25, 0.3) is 0 Å². The van der Waals surface area contributed by atoms with E-state index in [0.717, 1.165) is 30.2 Å². The van der Waals surface area contributed by atoms with Crippen LogP contribution in [0.2, 0.25) is 0 Å². The van der Waals surface area contributed by atoms with Crippen molar-refractivity contribution in [2.75, 3.05) is 18.0 Å². The van der Waals surface area contributed by atoms with E-state index in [1.54, 1.807) is 0 Å². The molecule has 3 aliphatic heterocycles. The van der Waals surface area contributed by atoms with Crippen LogP contribution in [-0.4, -0.2) is 53.7 Å². The number of carbonyl (C=O) groups is 4. The lowest BCUT2D eigenvalue weighted by Gasteiger charge is -2.37. The Kier molecular flexibility index (Phi) is 4.62. The van der Waals surface area contributed by atoms with Crippen molar-refractivity contribution in [3.63, 3.8) is 0 Å². The maximum Gasteiger partial charge on any atom is 0.262 e. The Morgan fingerprint density at radius 1 is 1.07 bits per heavy atom. The predicted octanol–water partition coefficient (Wildman–Crippen LogP) is 0.544. The molecule has 8 nitrogen and oxygen atoms in total. The molecule has 0 aromatic heterocycles. The molecule has 28 heavy (non-hydrogen) atoms. The van der Waals surface area contributed by atoms with Crippen LogP contribution in [0.3, 0.4) is 0 Å². The fourth-order valence-electron chi connectivity index (χ4n) is 4.26. The van der Waals surface area contributed by atoms with Gasteiger partial charge in [-0.2, -0.15) is 0 Å². The molecule has 2 fully saturated rings. The Balaban J connectivity index is 1.69. The van der Waals surface area contributed by atoms with Gasteiger partial charge in [0.15, 0.2) is 0 Å². The van der Waals surface area contributed by atoms with Gasteiger partial charge in [0.25, 0.3) is 11.8 Å². The molecule has 0 bridgehead atoms. The molecule has 3 N–H and O–H groups in total. The quantitative estimate of drug-likeness (QED) is 0.731. The lowest BCUT2D eigenvalue weighted by atomic mass is 9.99. The maximum absolute atomic E-state index is 14.8. The summed E-state index contributed by atoms with van der Waals surface area (Å²) in [5, 5.41) is 2.14. The molecular weight excluding hydrogens is 367 g/mol. The molecule has 0 aliphatic carbocycles. The number of hydrogen-bond acceptors (Lipinski definition) is 6. The highest BCUT2D eigenvalue weighted by Crippen LogP contribution is 2.34. The van der Waals surface area contributed by atoms with Crippen LogP contribution in [0.15, 0.2) is 12.1 Å². The zero-order valence-corrected chi connectivity index (χ0v) is 15.2. The molecule has 4 amide bonds. The monoisotopic (exact) mass is 388 g/mol. The van der Waals surface area contributed by atoms with E-state index in [0.29, 0.717) is 13.1 Å². The van der Waals surface area contributed by atoms with Crippen LogP contribution in [0.5, 0.6) is 0 Å². The molecule has 0 saturated carbocycles. The zero-order chi connectivity index (χ0) is 20.0. The number of rotatable bonds is 3. The first-order valence-corrected chi connectivity index (χ1v) is 9.44. The molecule has 3 aliphatic rings. The minimum Gasteiger partial charge on any atom is -0.365 e. The highest BCUT2D eigenvalue weighted by atomic mass is 19.1. The molecule has 2 unspecified atom stereocenters. The lowest BCUT2D eigenvalue weighted by Crippen LogP contribution is -2.54. The van der Waals surface area contributed by atoms with E-state index in [9.17, 15) is 23.6 Å². The number of imide groups is 2. The normalized spacial score (nSPS) is 25.2. The smallest absolute Gasteiger partial charge is 0.262 e. The summed E-state index contributed by atoms with van der Waals surface area (Å²) in [7, 11) is 0. The molecule has 3 heterocycles. The van der Waals surface area contributed by atoms with E-state index in [4.69, 9.17) is 5.73 Å². The highest BCUT2D eigenvalue weighted by molar-refractivity contribution is 6.23. The van der Waals surface area contributed by atoms with Crippen molar-refractivity contribution in [3.05, 3.63) is 29.1 Å². The number of nitrogens with two attached hydrogens (primary N) is 1. The van der Waals surface area contributed by atoms with Gasteiger partial charge in [-0.1, -0.05) is 0 Å². The summed E-state index contributed by atoms with van der Waals surface area (Å²) in [6, 6.07) is 1.37. The van der Waals surface area contributed by atoms with Crippen molar-refractivity contribution in [3.8, 4) is 0 Å². The zero-order valence-electron chi connectivity index (χ0n) is 15.2. The van der Waals surface area contributed by atoms with Crippen molar-refractivity contribution >= 4 is 29.3 Å². The number of fused-ring (bicyclic) bond motifs is 1. The summed E-state index contributed by atoms with van der Waals surface area (Å²) in [5.74, 6) is -3.08. The molecule has 0 radical (unpaired) electrons. The van der Waals surface area contributed by atoms with E-state index in [2.05, 4.69) is 5.32 Å². The van der Waals surface area contributed by atoms with Gasteiger partial charge in [-0.3, -0.25) is 29.4 Å². The molecule has 9 heteroatoms. The number of nitrogens with one attached hydrogen (secondary N) is 1. The van der Waals surface area contributed by atoms with Crippen LogP contribution in [0, 0.1) is 5.82 Å². The van der Waals surface area contributed by atoms with Gasteiger partial charge in [-0.15, -0.1) is 0 Å². The number of benzene rings is 1. The summed E-state index contributed by atoms with van der Waals surface area (Å²) < 4.78 is 14.8. The third-order valence-electron chi connectivity index (χ3n) is 5.72. The summed E-state index contributed by atoms with van der Waals surface area (Å²) >= 11 is 0. The molecular formula is C19H21FN4O4. The van der Waals surface area contributed by atoms with Crippen LogP contribution < -0.4 is 16.0 Å². The molecule has 1 aromatic rings. The second kappa shape index (κ2) is 6.97.